The van der Waals surface area contributed by atoms with Crippen molar-refractivity contribution in [1.82, 2.24) is 14.1 Å². The lowest BCUT2D eigenvalue weighted by Gasteiger charge is -2.18. The Kier molecular flexibility index (Phi) is 8.23. The van der Waals surface area contributed by atoms with Crippen LogP contribution in [0.15, 0.2) is 35.2 Å². The predicted molar refractivity (Wildman–Crippen MR) is 121 cm³/mol. The SMILES string of the molecule is CCN(CC)S(=O)(=O)c1cccc(NC(=O)/C=C/c2c(C)nn(CC(C)C)c2Cl)c1. The smallest absolute Gasteiger partial charge is 0.248 e. The minimum absolute atomic E-state index is 0.141. The van der Waals surface area contributed by atoms with Gasteiger partial charge in [-0.05, 0) is 37.1 Å². The number of hydrogen-bond acceptors (Lipinski definition) is 4. The lowest BCUT2D eigenvalue weighted by Crippen LogP contribution is -2.30. The van der Waals surface area contributed by atoms with Crippen molar-refractivity contribution in [1.29, 1.82) is 0 Å². The highest BCUT2D eigenvalue weighted by atomic mass is 35.5. The van der Waals surface area contributed by atoms with Crippen LogP contribution in [0.25, 0.3) is 6.08 Å². The van der Waals surface area contributed by atoms with E-state index < -0.39 is 10.0 Å². The highest BCUT2D eigenvalue weighted by Gasteiger charge is 2.21. The first-order valence-corrected chi connectivity index (χ1v) is 11.7. The molecule has 2 aromatic rings. The van der Waals surface area contributed by atoms with E-state index in [0.29, 0.717) is 42.0 Å². The number of halogens is 1. The molecule has 1 N–H and O–H groups in total. The van der Waals surface area contributed by atoms with E-state index >= 15 is 0 Å². The van der Waals surface area contributed by atoms with Gasteiger partial charge in [0.25, 0.3) is 0 Å². The van der Waals surface area contributed by atoms with Gasteiger partial charge in [-0.15, -0.1) is 0 Å². The van der Waals surface area contributed by atoms with Gasteiger partial charge in [0.15, 0.2) is 0 Å². The maximum absolute atomic E-state index is 12.7. The third kappa shape index (κ3) is 5.71. The van der Waals surface area contributed by atoms with Gasteiger partial charge in [-0.1, -0.05) is 45.4 Å². The second-order valence-corrected chi connectivity index (χ2v) is 9.60. The Morgan fingerprint density at radius 2 is 1.97 bits per heavy atom. The summed E-state index contributed by atoms with van der Waals surface area (Å²) in [5.74, 6) is 0.00119. The molecule has 0 aliphatic rings. The summed E-state index contributed by atoms with van der Waals surface area (Å²) < 4.78 is 28.4. The van der Waals surface area contributed by atoms with Crippen molar-refractivity contribution in [2.45, 2.75) is 46.1 Å². The van der Waals surface area contributed by atoms with Crippen LogP contribution >= 0.6 is 11.6 Å². The molecular formula is C21H29ClN4O3S. The van der Waals surface area contributed by atoms with Gasteiger partial charge in [0, 0.05) is 37.0 Å². The Balaban J connectivity index is 2.17. The van der Waals surface area contributed by atoms with Gasteiger partial charge in [-0.2, -0.15) is 9.40 Å². The molecule has 1 amide bonds. The highest BCUT2D eigenvalue weighted by molar-refractivity contribution is 7.89. The fraction of sp³-hybridized carbons (Fsp3) is 0.429. The van der Waals surface area contributed by atoms with E-state index in [1.54, 1.807) is 36.7 Å². The molecule has 1 heterocycles. The van der Waals surface area contributed by atoms with Crippen LogP contribution < -0.4 is 5.32 Å². The van der Waals surface area contributed by atoms with Gasteiger partial charge < -0.3 is 5.32 Å². The molecule has 0 saturated heterocycles. The molecule has 1 aromatic heterocycles. The molecule has 0 spiro atoms. The first-order chi connectivity index (χ1) is 14.1. The number of hydrogen-bond donors (Lipinski definition) is 1. The van der Waals surface area contributed by atoms with Gasteiger partial charge in [-0.3, -0.25) is 9.48 Å². The lowest BCUT2D eigenvalue weighted by molar-refractivity contribution is -0.111. The highest BCUT2D eigenvalue weighted by Crippen LogP contribution is 2.23. The minimum atomic E-state index is -3.60. The van der Waals surface area contributed by atoms with Gasteiger partial charge >= 0.3 is 0 Å². The Morgan fingerprint density at radius 3 is 2.57 bits per heavy atom. The zero-order valence-corrected chi connectivity index (χ0v) is 19.6. The number of sulfonamides is 1. The minimum Gasteiger partial charge on any atom is -0.322 e. The van der Waals surface area contributed by atoms with Crippen LogP contribution in [-0.4, -0.2) is 41.5 Å². The van der Waals surface area contributed by atoms with Crippen molar-refractivity contribution in [3.63, 3.8) is 0 Å². The maximum Gasteiger partial charge on any atom is 0.248 e. The molecule has 7 nitrogen and oxygen atoms in total. The lowest BCUT2D eigenvalue weighted by atomic mass is 10.2. The fourth-order valence-electron chi connectivity index (χ4n) is 3.01. The first-order valence-electron chi connectivity index (χ1n) is 9.92. The summed E-state index contributed by atoms with van der Waals surface area (Å²) in [7, 11) is -3.60. The summed E-state index contributed by atoms with van der Waals surface area (Å²) in [6.45, 7) is 11.0. The summed E-state index contributed by atoms with van der Waals surface area (Å²) in [6.07, 6.45) is 2.98. The number of amides is 1. The average Bonchev–Trinajstić information content (AvgIpc) is 2.93. The number of carbonyl (C=O) groups excluding carboxylic acids is 1. The van der Waals surface area contributed by atoms with Crippen LogP contribution in [0.2, 0.25) is 5.15 Å². The van der Waals surface area contributed by atoms with Crippen molar-refractivity contribution in [3.05, 3.63) is 46.8 Å². The molecule has 9 heteroatoms. The van der Waals surface area contributed by atoms with Gasteiger partial charge in [-0.25, -0.2) is 8.42 Å². The number of aryl methyl sites for hydroxylation is 1. The zero-order chi connectivity index (χ0) is 22.5. The van der Waals surface area contributed by atoms with E-state index in [9.17, 15) is 13.2 Å². The molecule has 0 saturated carbocycles. The maximum atomic E-state index is 12.7. The second kappa shape index (κ2) is 10.2. The van der Waals surface area contributed by atoms with Crippen molar-refractivity contribution in [2.75, 3.05) is 18.4 Å². The molecule has 0 bridgehead atoms. The van der Waals surface area contributed by atoms with E-state index in [1.165, 1.54) is 22.5 Å². The molecule has 1 aromatic carbocycles. The number of carbonyl (C=O) groups is 1. The molecular weight excluding hydrogens is 424 g/mol. The van der Waals surface area contributed by atoms with E-state index in [-0.39, 0.29) is 10.8 Å². The Labute approximate surface area is 183 Å². The molecule has 164 valence electrons. The van der Waals surface area contributed by atoms with Crippen LogP contribution in [0.4, 0.5) is 5.69 Å². The number of rotatable bonds is 9. The number of benzene rings is 1. The van der Waals surface area contributed by atoms with Gasteiger partial charge in [0.05, 0.1) is 10.6 Å². The Morgan fingerprint density at radius 1 is 1.30 bits per heavy atom. The zero-order valence-electron chi connectivity index (χ0n) is 18.0. The largest absolute Gasteiger partial charge is 0.322 e. The van der Waals surface area contributed by atoms with Crippen molar-refractivity contribution >= 4 is 39.3 Å². The molecule has 0 fully saturated rings. The summed E-state index contributed by atoms with van der Waals surface area (Å²) >= 11 is 6.39. The third-order valence-electron chi connectivity index (χ3n) is 4.49. The Hall–Kier alpha value is -2.16. The number of nitrogens with zero attached hydrogens (tertiary/aromatic N) is 3. The van der Waals surface area contributed by atoms with E-state index in [0.717, 1.165) is 5.69 Å². The predicted octanol–water partition coefficient (Wildman–Crippen LogP) is 4.18. The third-order valence-corrected chi connectivity index (χ3v) is 6.94. The van der Waals surface area contributed by atoms with Crippen LogP contribution in [0.5, 0.6) is 0 Å². The second-order valence-electron chi connectivity index (χ2n) is 7.31. The fourth-order valence-corrected chi connectivity index (χ4v) is 4.82. The van der Waals surface area contributed by atoms with Crippen LogP contribution in [0.1, 0.15) is 39.0 Å². The van der Waals surface area contributed by atoms with E-state index in [1.807, 2.05) is 6.92 Å². The molecule has 30 heavy (non-hydrogen) atoms. The molecule has 0 unspecified atom stereocenters. The number of anilines is 1. The van der Waals surface area contributed by atoms with Gasteiger partial charge in [0.2, 0.25) is 15.9 Å². The number of aromatic nitrogens is 2. The summed E-state index contributed by atoms with van der Waals surface area (Å²) in [5, 5.41) is 7.60. The molecule has 0 atom stereocenters. The van der Waals surface area contributed by atoms with Crippen LogP contribution in [0.3, 0.4) is 0 Å². The standard InChI is InChI=1S/C21H29ClN4O3S/c1-6-25(7-2)30(28,29)18-10-8-9-17(13-18)23-20(27)12-11-19-16(5)24-26(21(19)22)14-15(3)4/h8-13,15H,6-7,14H2,1-5H3,(H,23,27)/b12-11+. The van der Waals surface area contributed by atoms with E-state index in [4.69, 9.17) is 11.6 Å². The summed E-state index contributed by atoms with van der Waals surface area (Å²) in [5.41, 5.74) is 1.82. The van der Waals surface area contributed by atoms with E-state index in [2.05, 4.69) is 24.3 Å². The average molecular weight is 453 g/mol. The molecule has 0 aliphatic carbocycles. The molecule has 0 radical (unpaired) electrons. The Bertz CT molecular complexity index is 1020. The molecule has 0 aliphatic heterocycles. The van der Waals surface area contributed by atoms with Crippen LogP contribution in [-0.2, 0) is 21.4 Å². The normalized spacial score (nSPS) is 12.3. The first kappa shape index (κ1) is 24.1. The van der Waals surface area contributed by atoms with Crippen molar-refractivity contribution in [3.8, 4) is 0 Å². The van der Waals surface area contributed by atoms with Crippen molar-refractivity contribution < 1.29 is 13.2 Å². The summed E-state index contributed by atoms with van der Waals surface area (Å²) in [4.78, 5) is 12.5. The quantitative estimate of drug-likeness (QED) is 0.578. The van der Waals surface area contributed by atoms with Gasteiger partial charge in [0.1, 0.15) is 5.15 Å². The van der Waals surface area contributed by atoms with Crippen LogP contribution in [0, 0.1) is 12.8 Å². The van der Waals surface area contributed by atoms with Crippen molar-refractivity contribution in [2.24, 2.45) is 5.92 Å². The monoisotopic (exact) mass is 452 g/mol. The topological polar surface area (TPSA) is 84.3 Å². The number of nitrogens with one attached hydrogen (secondary N) is 1. The molecule has 2 rings (SSSR count). The summed E-state index contributed by atoms with van der Waals surface area (Å²) in [6, 6.07) is 6.22.